The van der Waals surface area contributed by atoms with E-state index in [-0.39, 0.29) is 41.9 Å². The van der Waals surface area contributed by atoms with Crippen molar-refractivity contribution in [3.05, 3.63) is 57.5 Å². The van der Waals surface area contributed by atoms with Gasteiger partial charge in [-0.25, -0.2) is 4.39 Å². The quantitative estimate of drug-likeness (QED) is 0.508. The highest BCUT2D eigenvalue weighted by molar-refractivity contribution is 7.11. The number of carbonyl (C=O) groups excluding carboxylic acids is 2. The summed E-state index contributed by atoms with van der Waals surface area (Å²) in [6.45, 7) is 5.03. The van der Waals surface area contributed by atoms with E-state index >= 15 is 0 Å². The number of nitrogens with one attached hydrogen (secondary N) is 1. The molecule has 3 N–H and O–H groups in total. The number of carbonyl (C=O) groups is 2. The van der Waals surface area contributed by atoms with E-state index in [1.54, 1.807) is 16.2 Å². The molecule has 7 nitrogen and oxygen atoms in total. The number of ether oxygens (including phenoxy) is 1. The zero-order chi connectivity index (χ0) is 27.4. The topological polar surface area (TPSA) is 87.9 Å². The molecule has 0 radical (unpaired) electrons. The number of hydrogen-bond donors (Lipinski definition) is 2. The van der Waals surface area contributed by atoms with E-state index in [9.17, 15) is 14.0 Å². The van der Waals surface area contributed by atoms with Crippen LogP contribution in [-0.4, -0.2) is 71.6 Å². The number of benzene rings is 1. The van der Waals surface area contributed by atoms with E-state index in [2.05, 4.69) is 29.3 Å². The van der Waals surface area contributed by atoms with Gasteiger partial charge in [-0.05, 0) is 94.7 Å². The van der Waals surface area contributed by atoms with Gasteiger partial charge in [0.25, 0.3) is 5.91 Å². The van der Waals surface area contributed by atoms with Crippen LogP contribution in [0.1, 0.15) is 71.5 Å². The molecule has 1 aromatic heterocycles. The molecule has 2 aliphatic heterocycles. The summed E-state index contributed by atoms with van der Waals surface area (Å²) in [6, 6.07) is 9.78. The molecule has 2 unspecified atom stereocenters. The lowest BCUT2D eigenvalue weighted by molar-refractivity contribution is -0.128. The molecular weight excluding hydrogens is 515 g/mol. The maximum absolute atomic E-state index is 13.8. The van der Waals surface area contributed by atoms with Crippen LogP contribution >= 0.6 is 11.3 Å². The molecule has 0 spiro atoms. The summed E-state index contributed by atoms with van der Waals surface area (Å²) < 4.78 is 19.6. The third kappa shape index (κ3) is 7.25. The summed E-state index contributed by atoms with van der Waals surface area (Å²) in [5.74, 6) is -0.706. The Labute approximate surface area is 234 Å². The number of rotatable bonds is 8. The van der Waals surface area contributed by atoms with Crippen LogP contribution in [0.5, 0.6) is 0 Å². The van der Waals surface area contributed by atoms with Crippen molar-refractivity contribution in [3.63, 3.8) is 0 Å². The van der Waals surface area contributed by atoms with Crippen molar-refractivity contribution < 1.29 is 18.7 Å². The van der Waals surface area contributed by atoms with Crippen LogP contribution in [0.4, 0.5) is 4.39 Å². The lowest BCUT2D eigenvalue weighted by Gasteiger charge is -2.44. The Morgan fingerprint density at radius 2 is 1.87 bits per heavy atom. The van der Waals surface area contributed by atoms with Gasteiger partial charge < -0.3 is 20.7 Å². The van der Waals surface area contributed by atoms with Crippen LogP contribution in [0, 0.1) is 12.7 Å². The third-order valence-corrected chi connectivity index (χ3v) is 9.47. The first-order valence-corrected chi connectivity index (χ1v) is 15.2. The Morgan fingerprint density at radius 1 is 1.10 bits per heavy atom. The summed E-state index contributed by atoms with van der Waals surface area (Å²) in [6.07, 6.45) is 7.16. The second-order valence-electron chi connectivity index (χ2n) is 11.4. The molecule has 3 heterocycles. The Balaban J connectivity index is 1.36. The van der Waals surface area contributed by atoms with Gasteiger partial charge in [0.2, 0.25) is 5.91 Å². The molecule has 1 aliphatic carbocycles. The number of hydrogen-bond acceptors (Lipinski definition) is 6. The van der Waals surface area contributed by atoms with Crippen LogP contribution in [0.2, 0.25) is 0 Å². The largest absolute Gasteiger partial charge is 0.377 e. The summed E-state index contributed by atoms with van der Waals surface area (Å²) in [4.78, 5) is 34.1. The molecule has 212 valence electrons. The van der Waals surface area contributed by atoms with Gasteiger partial charge in [-0.15, -0.1) is 11.3 Å². The first kappa shape index (κ1) is 28.2. The lowest BCUT2D eigenvalue weighted by atomic mass is 9.90. The molecule has 2 saturated heterocycles. The molecule has 9 heteroatoms. The SMILES string of the molecule is Cc1ccc(CN(CC2CCCO2)C2CCN(C(=O)c3ccc(F)cc3)[C@@H](C(=O)NC3CCC(N)CC3)C2)s1. The molecule has 39 heavy (non-hydrogen) atoms. The number of amides is 2. The van der Waals surface area contributed by atoms with Gasteiger partial charge in [-0.2, -0.15) is 0 Å². The van der Waals surface area contributed by atoms with E-state index in [4.69, 9.17) is 10.5 Å². The second-order valence-corrected chi connectivity index (χ2v) is 12.8. The van der Waals surface area contributed by atoms with Crippen molar-refractivity contribution in [2.75, 3.05) is 19.7 Å². The van der Waals surface area contributed by atoms with Crippen LogP contribution in [0.3, 0.4) is 0 Å². The van der Waals surface area contributed by atoms with E-state index < -0.39 is 6.04 Å². The average Bonchev–Trinajstić information content (AvgIpc) is 3.61. The standard InChI is InChI=1S/C30H41FN4O3S/c1-20-4-13-27(39-20)19-34(18-26-3-2-16-38-26)25-14-15-35(30(37)21-5-7-22(31)8-6-21)28(17-25)29(36)33-24-11-9-23(32)10-12-24/h4-8,13,23-26,28H,2-3,9-12,14-19,32H2,1H3,(H,33,36)/t23?,24?,25?,26?,28-/m1/s1. The number of thiophene rings is 1. The van der Waals surface area contributed by atoms with Crippen molar-refractivity contribution in [2.45, 2.75) is 95.1 Å². The third-order valence-electron chi connectivity index (χ3n) is 8.48. The highest BCUT2D eigenvalue weighted by atomic mass is 32.1. The van der Waals surface area contributed by atoms with Crippen molar-refractivity contribution >= 4 is 23.2 Å². The van der Waals surface area contributed by atoms with Gasteiger partial charge >= 0.3 is 0 Å². The molecule has 0 bridgehead atoms. The number of piperidine rings is 1. The van der Waals surface area contributed by atoms with Crippen molar-refractivity contribution in [1.82, 2.24) is 15.1 Å². The molecule has 1 aromatic carbocycles. The highest BCUT2D eigenvalue weighted by Gasteiger charge is 2.40. The van der Waals surface area contributed by atoms with Gasteiger partial charge in [0.15, 0.2) is 0 Å². The number of halogens is 1. The van der Waals surface area contributed by atoms with Crippen molar-refractivity contribution in [2.24, 2.45) is 5.73 Å². The minimum absolute atomic E-state index is 0.0811. The number of nitrogens with zero attached hydrogens (tertiary/aromatic N) is 2. The smallest absolute Gasteiger partial charge is 0.254 e. The minimum atomic E-state index is -0.589. The highest BCUT2D eigenvalue weighted by Crippen LogP contribution is 2.29. The Bertz CT molecular complexity index is 1110. The summed E-state index contributed by atoms with van der Waals surface area (Å²) in [7, 11) is 0. The molecule has 2 aromatic rings. The predicted molar refractivity (Wildman–Crippen MR) is 151 cm³/mol. The maximum Gasteiger partial charge on any atom is 0.254 e. The van der Waals surface area contributed by atoms with Gasteiger partial charge in [0.05, 0.1) is 6.10 Å². The van der Waals surface area contributed by atoms with Gasteiger partial charge in [-0.3, -0.25) is 14.5 Å². The van der Waals surface area contributed by atoms with Gasteiger partial charge in [0, 0.05) is 59.7 Å². The van der Waals surface area contributed by atoms with E-state index in [1.165, 1.54) is 34.0 Å². The molecule has 5 rings (SSSR count). The van der Waals surface area contributed by atoms with Gasteiger partial charge in [-0.1, -0.05) is 0 Å². The normalized spacial score (nSPS) is 27.6. The second kappa shape index (κ2) is 12.9. The summed E-state index contributed by atoms with van der Waals surface area (Å²) >= 11 is 1.81. The monoisotopic (exact) mass is 556 g/mol. The fourth-order valence-electron chi connectivity index (χ4n) is 6.25. The number of nitrogens with two attached hydrogens (primary N) is 1. The molecular formula is C30H41FN4O3S. The van der Waals surface area contributed by atoms with Gasteiger partial charge in [0.1, 0.15) is 11.9 Å². The molecule has 1 saturated carbocycles. The first-order chi connectivity index (χ1) is 18.9. The summed E-state index contributed by atoms with van der Waals surface area (Å²) in [5, 5.41) is 3.25. The maximum atomic E-state index is 13.8. The lowest BCUT2D eigenvalue weighted by Crippen LogP contribution is -2.59. The van der Waals surface area contributed by atoms with E-state index in [0.29, 0.717) is 18.5 Å². The van der Waals surface area contributed by atoms with Crippen molar-refractivity contribution in [1.29, 1.82) is 0 Å². The van der Waals surface area contributed by atoms with Crippen LogP contribution < -0.4 is 11.1 Å². The molecule has 3 aliphatic rings. The van der Waals surface area contributed by atoms with Crippen molar-refractivity contribution in [3.8, 4) is 0 Å². The van der Waals surface area contributed by atoms with Crippen LogP contribution in [-0.2, 0) is 16.1 Å². The number of aryl methyl sites for hydroxylation is 1. The molecule has 3 atom stereocenters. The fourth-order valence-corrected chi connectivity index (χ4v) is 7.17. The fraction of sp³-hybridized carbons (Fsp3) is 0.600. The molecule has 3 fully saturated rings. The predicted octanol–water partition coefficient (Wildman–Crippen LogP) is 4.24. The average molecular weight is 557 g/mol. The Morgan fingerprint density at radius 3 is 2.54 bits per heavy atom. The Hall–Kier alpha value is -2.33. The van der Waals surface area contributed by atoms with E-state index in [0.717, 1.165) is 64.6 Å². The zero-order valence-electron chi connectivity index (χ0n) is 22.8. The van der Waals surface area contributed by atoms with E-state index in [1.807, 2.05) is 0 Å². The zero-order valence-corrected chi connectivity index (χ0v) is 23.6. The summed E-state index contributed by atoms with van der Waals surface area (Å²) in [5.41, 5.74) is 6.49. The minimum Gasteiger partial charge on any atom is -0.377 e. The Kier molecular flexibility index (Phi) is 9.32. The first-order valence-electron chi connectivity index (χ1n) is 14.4. The van der Waals surface area contributed by atoms with Crippen LogP contribution in [0.15, 0.2) is 36.4 Å². The molecule has 2 amide bonds. The number of likely N-dealkylation sites (tertiary alicyclic amines) is 1. The van der Waals surface area contributed by atoms with Crippen LogP contribution in [0.25, 0.3) is 0 Å².